The molecule has 0 fully saturated rings. The quantitative estimate of drug-likeness (QED) is 0.427. The van der Waals surface area contributed by atoms with E-state index in [1.807, 2.05) is 6.92 Å². The smallest absolute Gasteiger partial charge is 0.264 e. The van der Waals surface area contributed by atoms with Gasteiger partial charge >= 0.3 is 0 Å². The average Bonchev–Trinajstić information content (AvgIpc) is 2.81. The second kappa shape index (κ2) is 10.8. The molecule has 0 unspecified atom stereocenters. The summed E-state index contributed by atoms with van der Waals surface area (Å²) in [5, 5.41) is 3.20. The lowest BCUT2D eigenvalue weighted by Gasteiger charge is -2.20. The maximum Gasteiger partial charge on any atom is 0.264 e. The van der Waals surface area contributed by atoms with Crippen molar-refractivity contribution in [1.29, 1.82) is 0 Å². The number of rotatable bonds is 9. The van der Waals surface area contributed by atoms with Crippen LogP contribution in [-0.2, 0) is 14.8 Å². The number of sulfonamides is 1. The summed E-state index contributed by atoms with van der Waals surface area (Å²) in [6.07, 6.45) is 0. The third-order valence-corrected chi connectivity index (χ3v) is 7.21. The Kier molecular flexibility index (Phi) is 8.07. The van der Waals surface area contributed by atoms with Crippen LogP contribution >= 0.6 is 23.2 Å². The van der Waals surface area contributed by atoms with Crippen molar-refractivity contribution in [3.63, 3.8) is 0 Å². The maximum absolute atomic E-state index is 12.9. The fourth-order valence-corrected chi connectivity index (χ4v) is 4.40. The van der Waals surface area contributed by atoms with Gasteiger partial charge in [0.05, 0.1) is 32.9 Å². The molecule has 33 heavy (non-hydrogen) atoms. The van der Waals surface area contributed by atoms with Gasteiger partial charge < -0.3 is 14.8 Å². The molecule has 1 N–H and O–H groups in total. The van der Waals surface area contributed by atoms with Gasteiger partial charge in [0.1, 0.15) is 11.5 Å². The number of halogens is 2. The van der Waals surface area contributed by atoms with Gasteiger partial charge in [-0.1, -0.05) is 29.3 Å². The zero-order chi connectivity index (χ0) is 24.0. The van der Waals surface area contributed by atoms with E-state index >= 15 is 0 Å². The summed E-state index contributed by atoms with van der Waals surface area (Å²) in [7, 11) is -2.29. The first kappa shape index (κ1) is 24.7. The number of nitrogens with one attached hydrogen (secondary N) is 1. The summed E-state index contributed by atoms with van der Waals surface area (Å²) in [5.41, 5.74) is 0.820. The van der Waals surface area contributed by atoms with E-state index in [4.69, 9.17) is 32.7 Å². The highest BCUT2D eigenvalue weighted by molar-refractivity contribution is 7.92. The van der Waals surface area contributed by atoms with E-state index in [9.17, 15) is 13.2 Å². The molecule has 10 heteroatoms. The van der Waals surface area contributed by atoms with Gasteiger partial charge in [0, 0.05) is 7.05 Å². The monoisotopic (exact) mass is 508 g/mol. The van der Waals surface area contributed by atoms with Crippen molar-refractivity contribution in [2.24, 2.45) is 0 Å². The fraction of sp³-hybridized carbons (Fsp3) is 0.174. The molecule has 0 atom stereocenters. The van der Waals surface area contributed by atoms with Crippen molar-refractivity contribution < 1.29 is 22.7 Å². The first-order valence-electron chi connectivity index (χ1n) is 9.91. The van der Waals surface area contributed by atoms with E-state index in [1.165, 1.54) is 23.5 Å². The second-order valence-corrected chi connectivity index (χ2v) is 9.56. The maximum atomic E-state index is 12.9. The van der Waals surface area contributed by atoms with Crippen LogP contribution < -0.4 is 19.1 Å². The zero-order valence-corrected chi connectivity index (χ0v) is 20.2. The van der Waals surface area contributed by atoms with E-state index in [-0.39, 0.29) is 16.5 Å². The summed E-state index contributed by atoms with van der Waals surface area (Å²) < 4.78 is 37.8. The largest absolute Gasteiger partial charge is 0.494 e. The highest BCUT2D eigenvalue weighted by Crippen LogP contribution is 2.29. The number of hydrogen-bond acceptors (Lipinski definition) is 5. The lowest BCUT2D eigenvalue weighted by atomic mass is 10.3. The van der Waals surface area contributed by atoms with Crippen molar-refractivity contribution in [1.82, 2.24) is 0 Å². The van der Waals surface area contributed by atoms with Gasteiger partial charge in [-0.3, -0.25) is 9.10 Å². The van der Waals surface area contributed by atoms with E-state index < -0.39 is 15.9 Å². The molecule has 3 aromatic carbocycles. The van der Waals surface area contributed by atoms with Crippen molar-refractivity contribution >= 4 is 50.5 Å². The number of hydrogen-bond donors (Lipinski definition) is 1. The number of nitrogens with zero attached hydrogens (tertiary/aromatic N) is 1. The van der Waals surface area contributed by atoms with Crippen LogP contribution in [0.5, 0.6) is 11.5 Å². The molecule has 0 radical (unpaired) electrons. The molecule has 0 aliphatic carbocycles. The minimum Gasteiger partial charge on any atom is -0.494 e. The molecule has 0 saturated carbocycles. The Morgan fingerprint density at radius 1 is 0.939 bits per heavy atom. The Balaban J connectivity index is 1.62. The lowest BCUT2D eigenvalue weighted by molar-refractivity contribution is -0.118. The van der Waals surface area contributed by atoms with E-state index in [0.717, 1.165) is 0 Å². The van der Waals surface area contributed by atoms with Crippen LogP contribution in [0.15, 0.2) is 71.6 Å². The number of anilines is 2. The first-order chi connectivity index (χ1) is 15.7. The number of ether oxygens (including phenoxy) is 2. The van der Waals surface area contributed by atoms with Gasteiger partial charge in [0.2, 0.25) is 0 Å². The molecule has 0 bridgehead atoms. The second-order valence-electron chi connectivity index (χ2n) is 6.81. The van der Waals surface area contributed by atoms with Gasteiger partial charge in [-0.25, -0.2) is 8.42 Å². The van der Waals surface area contributed by atoms with Crippen molar-refractivity contribution in [3.8, 4) is 11.5 Å². The summed E-state index contributed by atoms with van der Waals surface area (Å²) in [6, 6.07) is 17.5. The van der Waals surface area contributed by atoms with Gasteiger partial charge in [0.25, 0.3) is 15.9 Å². The van der Waals surface area contributed by atoms with Gasteiger partial charge in [-0.2, -0.15) is 0 Å². The van der Waals surface area contributed by atoms with Crippen LogP contribution in [-0.4, -0.2) is 34.6 Å². The highest BCUT2D eigenvalue weighted by atomic mass is 35.5. The molecule has 3 aromatic rings. The molecule has 0 aliphatic heterocycles. The number of carbonyl (C=O) groups excluding carboxylic acids is 1. The molecular formula is C23H22Cl2N2O5S. The molecule has 174 valence electrons. The Morgan fingerprint density at radius 3 is 2.18 bits per heavy atom. The average molecular weight is 509 g/mol. The molecule has 0 saturated heterocycles. The SMILES string of the molecule is CCOc1ccc(S(=O)(=O)N(C)c2ccc(OCC(=O)Nc3cccc(Cl)c3Cl)cc2)cc1. The van der Waals surface area contributed by atoms with Crippen molar-refractivity contribution in [2.45, 2.75) is 11.8 Å². The van der Waals surface area contributed by atoms with E-state index in [2.05, 4.69) is 5.32 Å². The summed E-state index contributed by atoms with van der Waals surface area (Å²) in [4.78, 5) is 12.3. The lowest BCUT2D eigenvalue weighted by Crippen LogP contribution is -2.26. The minimum absolute atomic E-state index is 0.144. The fourth-order valence-electron chi connectivity index (χ4n) is 2.86. The van der Waals surface area contributed by atoms with Crippen LogP contribution in [0.4, 0.5) is 11.4 Å². The van der Waals surface area contributed by atoms with Crippen molar-refractivity contribution in [2.75, 3.05) is 29.9 Å². The van der Waals surface area contributed by atoms with Crippen LogP contribution in [0, 0.1) is 0 Å². The standard InChI is InChI=1S/C23H22Cl2N2O5S/c1-3-31-17-11-13-19(14-12-17)33(29,30)27(2)16-7-9-18(10-8-16)32-15-22(28)26-21-6-4-5-20(24)23(21)25/h4-14H,3,15H2,1-2H3,(H,26,28). The predicted octanol–water partition coefficient (Wildman–Crippen LogP) is 5.23. The topological polar surface area (TPSA) is 84.9 Å². The van der Waals surface area contributed by atoms with Crippen LogP contribution in [0.1, 0.15) is 6.92 Å². The molecule has 0 heterocycles. The normalized spacial score (nSPS) is 11.0. The van der Waals surface area contributed by atoms with Crippen LogP contribution in [0.2, 0.25) is 10.0 Å². The number of amides is 1. The van der Waals surface area contributed by atoms with Crippen molar-refractivity contribution in [3.05, 3.63) is 76.8 Å². The molecule has 7 nitrogen and oxygen atoms in total. The van der Waals surface area contributed by atoms with Gasteiger partial charge in [-0.15, -0.1) is 0 Å². The van der Waals surface area contributed by atoms with Crippen LogP contribution in [0.25, 0.3) is 0 Å². The molecule has 0 aliphatic rings. The van der Waals surface area contributed by atoms with E-state index in [1.54, 1.807) is 54.6 Å². The Morgan fingerprint density at radius 2 is 1.55 bits per heavy atom. The number of benzene rings is 3. The summed E-state index contributed by atoms with van der Waals surface area (Å²) in [6.45, 7) is 2.09. The summed E-state index contributed by atoms with van der Waals surface area (Å²) in [5.74, 6) is 0.582. The highest BCUT2D eigenvalue weighted by Gasteiger charge is 2.21. The van der Waals surface area contributed by atoms with E-state index in [0.29, 0.717) is 34.5 Å². The molecule has 3 rings (SSSR count). The first-order valence-corrected chi connectivity index (χ1v) is 12.1. The van der Waals surface area contributed by atoms with Gasteiger partial charge in [-0.05, 0) is 67.6 Å². The minimum atomic E-state index is -3.75. The molecule has 0 spiro atoms. The number of carbonyl (C=O) groups is 1. The predicted molar refractivity (Wildman–Crippen MR) is 130 cm³/mol. The Bertz CT molecular complexity index is 1220. The molecular weight excluding hydrogens is 487 g/mol. The Hall–Kier alpha value is -2.94. The Labute approximate surface area is 202 Å². The van der Waals surface area contributed by atoms with Gasteiger partial charge in [0.15, 0.2) is 6.61 Å². The molecule has 1 amide bonds. The molecule has 0 aromatic heterocycles. The third-order valence-electron chi connectivity index (χ3n) is 4.59. The van der Waals surface area contributed by atoms with Crippen LogP contribution in [0.3, 0.4) is 0 Å². The summed E-state index contributed by atoms with van der Waals surface area (Å²) >= 11 is 12.0. The zero-order valence-electron chi connectivity index (χ0n) is 17.9. The third kappa shape index (κ3) is 6.10.